The molecule has 1 N–H and O–H groups in total. The fourth-order valence-corrected chi connectivity index (χ4v) is 5.71. The molecule has 40 heavy (non-hydrogen) atoms. The number of anilines is 1. The van der Waals surface area contributed by atoms with Gasteiger partial charge in [0.1, 0.15) is 23.1 Å². The van der Waals surface area contributed by atoms with E-state index in [-0.39, 0.29) is 35.3 Å². The summed E-state index contributed by atoms with van der Waals surface area (Å²) in [6.07, 6.45) is -1.96. The molecule has 1 aromatic heterocycles. The van der Waals surface area contributed by atoms with Gasteiger partial charge >= 0.3 is 18.3 Å². The van der Waals surface area contributed by atoms with Gasteiger partial charge in [-0.15, -0.1) is 0 Å². The fraction of sp³-hybridized carbons (Fsp3) is 0.654. The average Bonchev–Trinajstić information content (AvgIpc) is 3.57. The van der Waals surface area contributed by atoms with Gasteiger partial charge in [0.15, 0.2) is 5.82 Å². The van der Waals surface area contributed by atoms with Crippen LogP contribution >= 0.6 is 15.9 Å². The maximum absolute atomic E-state index is 14.7. The number of halogens is 6. The average molecular weight is 638 g/mol. The summed E-state index contributed by atoms with van der Waals surface area (Å²) in [7, 11) is 1.27. The predicted octanol–water partition coefficient (Wildman–Crippen LogP) is 6.17. The van der Waals surface area contributed by atoms with E-state index in [1.807, 2.05) is 0 Å². The largest absolute Gasteiger partial charge is 0.467 e. The zero-order valence-corrected chi connectivity index (χ0v) is 24.3. The third-order valence-corrected chi connectivity index (χ3v) is 7.75. The molecule has 3 saturated heterocycles. The van der Waals surface area contributed by atoms with Crippen LogP contribution in [0.4, 0.5) is 32.6 Å². The Balaban J connectivity index is 0.000000343. The highest BCUT2D eigenvalue weighted by molar-refractivity contribution is 9.10. The number of ether oxygens (including phenoxy) is 2. The third kappa shape index (κ3) is 7.04. The lowest BCUT2D eigenvalue weighted by Crippen LogP contribution is -2.36. The molecule has 14 heteroatoms. The SMILES string of the molecule is COc1nc(NC2CCN(C(=O)OC(C)(C)C)C2)c2cc(C(F)(F)F)c(Br)c(F)c2n1.FC1CC2CCCN2C1. The van der Waals surface area contributed by atoms with Crippen LogP contribution in [0.15, 0.2) is 10.5 Å². The van der Waals surface area contributed by atoms with Crippen molar-refractivity contribution in [2.75, 3.05) is 38.6 Å². The highest BCUT2D eigenvalue weighted by Crippen LogP contribution is 2.41. The van der Waals surface area contributed by atoms with Gasteiger partial charge in [-0.2, -0.15) is 23.1 Å². The van der Waals surface area contributed by atoms with Crippen molar-refractivity contribution in [3.8, 4) is 6.01 Å². The van der Waals surface area contributed by atoms with Crippen molar-refractivity contribution in [1.29, 1.82) is 0 Å². The topological polar surface area (TPSA) is 79.8 Å². The van der Waals surface area contributed by atoms with E-state index >= 15 is 0 Å². The molecule has 3 atom stereocenters. The number of methoxy groups -OCH3 is 1. The second-order valence-corrected chi connectivity index (χ2v) is 12.0. The highest BCUT2D eigenvalue weighted by Gasteiger charge is 2.37. The molecule has 3 aliphatic heterocycles. The van der Waals surface area contributed by atoms with E-state index in [4.69, 9.17) is 9.47 Å². The molecule has 1 aromatic carbocycles. The van der Waals surface area contributed by atoms with Crippen LogP contribution in [0.3, 0.4) is 0 Å². The van der Waals surface area contributed by atoms with Gasteiger partial charge in [0.05, 0.1) is 17.1 Å². The van der Waals surface area contributed by atoms with Crippen LogP contribution in [0.2, 0.25) is 0 Å². The first-order valence-electron chi connectivity index (χ1n) is 13.1. The van der Waals surface area contributed by atoms with Crippen molar-refractivity contribution in [2.24, 2.45) is 0 Å². The van der Waals surface area contributed by atoms with Crippen molar-refractivity contribution < 1.29 is 36.2 Å². The number of aromatic nitrogens is 2. The van der Waals surface area contributed by atoms with Gasteiger partial charge in [-0.1, -0.05) is 0 Å². The number of likely N-dealkylation sites (tertiary alicyclic amines) is 1. The van der Waals surface area contributed by atoms with Crippen LogP contribution in [0.5, 0.6) is 6.01 Å². The fourth-order valence-electron chi connectivity index (χ4n) is 5.18. The summed E-state index contributed by atoms with van der Waals surface area (Å²) in [6.45, 7) is 7.74. The highest BCUT2D eigenvalue weighted by atomic mass is 79.9. The lowest BCUT2D eigenvalue weighted by Gasteiger charge is -2.24. The van der Waals surface area contributed by atoms with Crippen LogP contribution in [-0.4, -0.2) is 83.0 Å². The minimum absolute atomic E-state index is 0.0187. The number of nitrogens with zero attached hydrogens (tertiary/aromatic N) is 4. The summed E-state index contributed by atoms with van der Waals surface area (Å²) in [5.41, 5.74) is -2.16. The quantitative estimate of drug-likeness (QED) is 0.403. The number of nitrogens with one attached hydrogen (secondary N) is 1. The summed E-state index contributed by atoms with van der Waals surface area (Å²) < 4.78 is 77.0. The van der Waals surface area contributed by atoms with E-state index in [0.717, 1.165) is 19.0 Å². The summed E-state index contributed by atoms with van der Waals surface area (Å²) >= 11 is 2.67. The molecule has 0 aliphatic carbocycles. The number of amides is 1. The lowest BCUT2D eigenvalue weighted by molar-refractivity contribution is -0.138. The predicted molar refractivity (Wildman–Crippen MR) is 143 cm³/mol. The Hall–Kier alpha value is -2.48. The van der Waals surface area contributed by atoms with Crippen molar-refractivity contribution in [3.63, 3.8) is 0 Å². The standard InChI is InChI=1S/C19H21BrF4N4O3.C7H12FN/c1-18(2,3)31-17(29)28-6-5-9(8-28)25-15-10-7-11(19(22,23)24)12(20)13(21)14(10)26-16(27-15)30-4;8-6-4-7-2-1-3-9(7)5-6/h7,9H,5-6,8H2,1-4H3,(H,25,26,27);6-7H,1-5H2. The molecule has 5 rings (SSSR count). The summed E-state index contributed by atoms with van der Waals surface area (Å²) in [5, 5.41) is 2.85. The molecule has 3 fully saturated rings. The zero-order chi connectivity index (χ0) is 29.4. The van der Waals surface area contributed by atoms with Crippen molar-refractivity contribution in [3.05, 3.63) is 21.9 Å². The zero-order valence-electron chi connectivity index (χ0n) is 22.7. The molecule has 0 bridgehead atoms. The normalized spacial score (nSPS) is 23.1. The number of fused-ring (bicyclic) bond motifs is 2. The van der Waals surface area contributed by atoms with Gasteiger partial charge in [0.2, 0.25) is 0 Å². The number of benzene rings is 1. The van der Waals surface area contributed by atoms with Crippen LogP contribution in [0.1, 0.15) is 52.0 Å². The number of hydrogen-bond acceptors (Lipinski definition) is 7. The second kappa shape index (κ2) is 11.8. The number of carbonyl (C=O) groups is 1. The smallest absolute Gasteiger partial charge is 0.417 e. The summed E-state index contributed by atoms with van der Waals surface area (Å²) in [6, 6.07) is 0.851. The first-order chi connectivity index (χ1) is 18.7. The molecule has 1 amide bonds. The van der Waals surface area contributed by atoms with Gasteiger partial charge in [0, 0.05) is 37.1 Å². The van der Waals surface area contributed by atoms with Crippen LogP contribution in [0.25, 0.3) is 10.9 Å². The first-order valence-corrected chi connectivity index (χ1v) is 13.9. The van der Waals surface area contributed by atoms with E-state index in [9.17, 15) is 26.7 Å². The molecular weight excluding hydrogens is 605 g/mol. The van der Waals surface area contributed by atoms with E-state index in [1.165, 1.54) is 24.9 Å². The summed E-state index contributed by atoms with van der Waals surface area (Å²) in [4.78, 5) is 24.0. The summed E-state index contributed by atoms with van der Waals surface area (Å²) in [5.74, 6) is -1.19. The molecule has 4 heterocycles. The Morgan fingerprint density at radius 1 is 1.15 bits per heavy atom. The molecule has 3 aliphatic rings. The number of hydrogen-bond donors (Lipinski definition) is 1. The minimum atomic E-state index is -4.79. The van der Waals surface area contributed by atoms with Gasteiger partial charge in [-0.05, 0) is 75.0 Å². The molecule has 8 nitrogen and oxygen atoms in total. The number of rotatable bonds is 3. The molecular formula is C26H33BrF5N5O3. The Morgan fingerprint density at radius 2 is 1.88 bits per heavy atom. The Morgan fingerprint density at radius 3 is 2.50 bits per heavy atom. The maximum atomic E-state index is 14.7. The van der Waals surface area contributed by atoms with Gasteiger partial charge < -0.3 is 19.7 Å². The van der Waals surface area contributed by atoms with Crippen LogP contribution < -0.4 is 10.1 Å². The van der Waals surface area contributed by atoms with Crippen molar-refractivity contribution in [1.82, 2.24) is 19.8 Å². The Labute approximate surface area is 237 Å². The Kier molecular flexibility index (Phi) is 8.98. The molecule has 2 aromatic rings. The van der Waals surface area contributed by atoms with Gasteiger partial charge in [-0.3, -0.25) is 4.90 Å². The number of alkyl halides is 4. The molecule has 222 valence electrons. The van der Waals surface area contributed by atoms with Crippen LogP contribution in [0, 0.1) is 5.82 Å². The monoisotopic (exact) mass is 637 g/mol. The van der Waals surface area contributed by atoms with E-state index < -0.39 is 39.9 Å². The molecule has 0 spiro atoms. The van der Waals surface area contributed by atoms with E-state index in [2.05, 4.69) is 36.1 Å². The van der Waals surface area contributed by atoms with Gasteiger partial charge in [-0.25, -0.2) is 13.6 Å². The lowest BCUT2D eigenvalue weighted by atomic mass is 10.1. The molecule has 3 unspecified atom stereocenters. The second-order valence-electron chi connectivity index (χ2n) is 11.2. The van der Waals surface area contributed by atoms with Gasteiger partial charge in [0.25, 0.3) is 0 Å². The molecule has 0 saturated carbocycles. The first kappa shape index (κ1) is 30.5. The Bertz CT molecular complexity index is 1230. The minimum Gasteiger partial charge on any atom is -0.467 e. The molecule has 0 radical (unpaired) electrons. The van der Waals surface area contributed by atoms with Crippen molar-refractivity contribution in [2.45, 2.75) is 76.5 Å². The maximum Gasteiger partial charge on any atom is 0.417 e. The van der Waals surface area contributed by atoms with Crippen molar-refractivity contribution >= 4 is 38.7 Å². The third-order valence-electron chi connectivity index (χ3n) is 6.98. The van der Waals surface area contributed by atoms with E-state index in [1.54, 1.807) is 20.8 Å². The van der Waals surface area contributed by atoms with Crippen LogP contribution in [-0.2, 0) is 10.9 Å². The van der Waals surface area contributed by atoms with E-state index in [0.29, 0.717) is 25.6 Å². The number of carbonyl (C=O) groups excluding carboxylic acids is 1.